The number of nitrogens with zero attached hydrogens (tertiary/aromatic N) is 1. The van der Waals surface area contributed by atoms with Gasteiger partial charge >= 0.3 is 0 Å². The minimum absolute atomic E-state index is 0.873. The third kappa shape index (κ3) is 4.40. The first-order valence-electron chi connectivity index (χ1n) is 5.78. The van der Waals surface area contributed by atoms with Gasteiger partial charge in [-0.2, -0.15) is 0 Å². The van der Waals surface area contributed by atoms with E-state index in [1.165, 1.54) is 39.0 Å². The Hall–Kier alpha value is -0.120. The minimum atomic E-state index is 0.873. The second kappa shape index (κ2) is 7.21. The molecule has 1 saturated heterocycles. The number of methoxy groups -OCH3 is 1. The number of ether oxygens (including phenoxy) is 1. The molecule has 1 aliphatic rings. The van der Waals surface area contributed by atoms with E-state index in [2.05, 4.69) is 17.1 Å². The van der Waals surface area contributed by atoms with Gasteiger partial charge in [0.2, 0.25) is 0 Å². The molecule has 0 spiro atoms. The molecule has 3 heteroatoms. The molecule has 1 unspecified atom stereocenters. The van der Waals surface area contributed by atoms with Gasteiger partial charge in [-0.3, -0.25) is 0 Å². The van der Waals surface area contributed by atoms with Crippen LogP contribution in [0.15, 0.2) is 0 Å². The zero-order valence-electron chi connectivity index (χ0n) is 9.59. The summed E-state index contributed by atoms with van der Waals surface area (Å²) in [7, 11) is 1.78. The molecule has 1 heterocycles. The fourth-order valence-electron chi connectivity index (χ4n) is 2.06. The van der Waals surface area contributed by atoms with Crippen LogP contribution >= 0.6 is 0 Å². The lowest BCUT2D eigenvalue weighted by atomic mass is 10.1. The van der Waals surface area contributed by atoms with Crippen molar-refractivity contribution >= 4 is 0 Å². The van der Waals surface area contributed by atoms with Crippen molar-refractivity contribution in [1.82, 2.24) is 10.2 Å². The molecule has 1 rings (SSSR count). The van der Waals surface area contributed by atoms with Crippen LogP contribution in [-0.2, 0) is 4.74 Å². The number of hydrogen-bond donors (Lipinski definition) is 1. The summed E-state index contributed by atoms with van der Waals surface area (Å²) in [6.45, 7) is 9.12. The first-order chi connectivity index (χ1) is 6.86. The summed E-state index contributed by atoms with van der Waals surface area (Å²) in [6, 6.07) is 0. The van der Waals surface area contributed by atoms with Gasteiger partial charge in [0.15, 0.2) is 0 Å². The topological polar surface area (TPSA) is 24.5 Å². The van der Waals surface area contributed by atoms with Crippen LogP contribution in [0.3, 0.4) is 0 Å². The predicted octanol–water partition coefficient (Wildman–Crippen LogP) is 0.954. The molecule has 0 aromatic carbocycles. The van der Waals surface area contributed by atoms with Crippen molar-refractivity contribution in [3.05, 3.63) is 0 Å². The van der Waals surface area contributed by atoms with E-state index in [9.17, 15) is 0 Å². The van der Waals surface area contributed by atoms with E-state index in [-0.39, 0.29) is 0 Å². The standard InChI is InChI=1S/C11H24N2O/c1-3-12-9-11-5-7-13(10-11)6-4-8-14-2/h11-12H,3-10H2,1-2H3. The Morgan fingerprint density at radius 3 is 3.07 bits per heavy atom. The summed E-state index contributed by atoms with van der Waals surface area (Å²) in [5.41, 5.74) is 0. The van der Waals surface area contributed by atoms with Crippen molar-refractivity contribution < 1.29 is 4.74 Å². The van der Waals surface area contributed by atoms with Gasteiger partial charge in [-0.1, -0.05) is 6.92 Å². The molecule has 0 aromatic rings. The SMILES string of the molecule is CCNCC1CCN(CCCOC)C1. The van der Waals surface area contributed by atoms with Crippen LogP contribution in [0.4, 0.5) is 0 Å². The average molecular weight is 200 g/mol. The molecule has 1 fully saturated rings. The maximum absolute atomic E-state index is 5.05. The minimum Gasteiger partial charge on any atom is -0.385 e. The molecule has 0 aromatic heterocycles. The highest BCUT2D eigenvalue weighted by Crippen LogP contribution is 2.15. The van der Waals surface area contributed by atoms with E-state index in [1.807, 2.05) is 0 Å². The molecule has 1 N–H and O–H groups in total. The first-order valence-corrected chi connectivity index (χ1v) is 5.78. The molecular weight excluding hydrogens is 176 g/mol. The highest BCUT2D eigenvalue weighted by atomic mass is 16.5. The highest BCUT2D eigenvalue weighted by Gasteiger charge is 2.20. The van der Waals surface area contributed by atoms with Gasteiger partial charge in [0.1, 0.15) is 0 Å². The normalized spacial score (nSPS) is 23.1. The van der Waals surface area contributed by atoms with E-state index >= 15 is 0 Å². The summed E-state index contributed by atoms with van der Waals surface area (Å²) in [5, 5.41) is 3.43. The van der Waals surface area contributed by atoms with Crippen molar-refractivity contribution in [2.24, 2.45) is 5.92 Å². The lowest BCUT2D eigenvalue weighted by Crippen LogP contribution is -2.27. The molecule has 3 nitrogen and oxygen atoms in total. The summed E-state index contributed by atoms with van der Waals surface area (Å²) in [5.74, 6) is 0.873. The zero-order valence-corrected chi connectivity index (χ0v) is 9.59. The Morgan fingerprint density at radius 1 is 1.50 bits per heavy atom. The van der Waals surface area contributed by atoms with Crippen molar-refractivity contribution in [2.75, 3.05) is 46.4 Å². The molecule has 0 amide bonds. The summed E-state index contributed by atoms with van der Waals surface area (Å²) in [6.07, 6.45) is 2.53. The molecule has 84 valence electrons. The van der Waals surface area contributed by atoms with Gasteiger partial charge in [0.05, 0.1) is 0 Å². The Bertz CT molecular complexity index is 141. The Balaban J connectivity index is 2.02. The summed E-state index contributed by atoms with van der Waals surface area (Å²) < 4.78 is 5.05. The van der Waals surface area contributed by atoms with Crippen molar-refractivity contribution in [2.45, 2.75) is 19.8 Å². The number of nitrogens with one attached hydrogen (secondary N) is 1. The molecule has 1 atom stereocenters. The maximum atomic E-state index is 5.05. The summed E-state index contributed by atoms with van der Waals surface area (Å²) >= 11 is 0. The monoisotopic (exact) mass is 200 g/mol. The van der Waals surface area contributed by atoms with Gasteiger partial charge in [0, 0.05) is 26.8 Å². The maximum Gasteiger partial charge on any atom is 0.0474 e. The largest absolute Gasteiger partial charge is 0.385 e. The molecule has 0 saturated carbocycles. The average Bonchev–Trinajstić information content (AvgIpc) is 2.63. The quantitative estimate of drug-likeness (QED) is 0.619. The van der Waals surface area contributed by atoms with Crippen LogP contribution in [-0.4, -0.2) is 51.3 Å². The second-order valence-corrected chi connectivity index (χ2v) is 4.11. The molecule has 0 bridgehead atoms. The molecular formula is C11H24N2O. The van der Waals surface area contributed by atoms with Gasteiger partial charge < -0.3 is 15.0 Å². The van der Waals surface area contributed by atoms with Gasteiger partial charge in [-0.05, 0) is 38.4 Å². The van der Waals surface area contributed by atoms with Crippen LogP contribution in [0, 0.1) is 5.92 Å². The molecule has 0 radical (unpaired) electrons. The third-order valence-corrected chi connectivity index (χ3v) is 2.88. The Morgan fingerprint density at radius 2 is 2.36 bits per heavy atom. The van der Waals surface area contributed by atoms with E-state index in [0.717, 1.165) is 19.1 Å². The number of rotatable bonds is 7. The van der Waals surface area contributed by atoms with E-state index in [0.29, 0.717) is 0 Å². The van der Waals surface area contributed by atoms with Crippen LogP contribution in [0.25, 0.3) is 0 Å². The number of hydrogen-bond acceptors (Lipinski definition) is 3. The third-order valence-electron chi connectivity index (χ3n) is 2.88. The molecule has 1 aliphatic heterocycles. The van der Waals surface area contributed by atoms with Crippen molar-refractivity contribution in [3.63, 3.8) is 0 Å². The van der Waals surface area contributed by atoms with Crippen LogP contribution in [0.5, 0.6) is 0 Å². The molecule has 0 aliphatic carbocycles. The van der Waals surface area contributed by atoms with Gasteiger partial charge in [-0.25, -0.2) is 0 Å². The lowest BCUT2D eigenvalue weighted by Gasteiger charge is -2.15. The second-order valence-electron chi connectivity index (χ2n) is 4.11. The Kier molecular flexibility index (Phi) is 6.15. The smallest absolute Gasteiger partial charge is 0.0474 e. The summed E-state index contributed by atoms with van der Waals surface area (Å²) in [4.78, 5) is 2.56. The van der Waals surface area contributed by atoms with Gasteiger partial charge in [0.25, 0.3) is 0 Å². The van der Waals surface area contributed by atoms with Crippen LogP contribution in [0.2, 0.25) is 0 Å². The zero-order chi connectivity index (χ0) is 10.2. The van der Waals surface area contributed by atoms with Crippen molar-refractivity contribution in [3.8, 4) is 0 Å². The lowest BCUT2D eigenvalue weighted by molar-refractivity contribution is 0.178. The Labute approximate surface area is 87.8 Å². The number of likely N-dealkylation sites (tertiary alicyclic amines) is 1. The van der Waals surface area contributed by atoms with Crippen LogP contribution in [0.1, 0.15) is 19.8 Å². The van der Waals surface area contributed by atoms with Crippen LogP contribution < -0.4 is 5.32 Å². The fourth-order valence-corrected chi connectivity index (χ4v) is 2.06. The first kappa shape index (κ1) is 12.0. The van der Waals surface area contributed by atoms with Gasteiger partial charge in [-0.15, -0.1) is 0 Å². The van der Waals surface area contributed by atoms with E-state index in [1.54, 1.807) is 7.11 Å². The predicted molar refractivity (Wildman–Crippen MR) is 59.6 cm³/mol. The van der Waals surface area contributed by atoms with E-state index < -0.39 is 0 Å². The van der Waals surface area contributed by atoms with E-state index in [4.69, 9.17) is 4.74 Å². The molecule has 14 heavy (non-hydrogen) atoms. The fraction of sp³-hybridized carbons (Fsp3) is 1.00. The van der Waals surface area contributed by atoms with Crippen molar-refractivity contribution in [1.29, 1.82) is 0 Å². The highest BCUT2D eigenvalue weighted by molar-refractivity contribution is 4.76.